The van der Waals surface area contributed by atoms with Gasteiger partial charge in [-0.3, -0.25) is 0 Å². The maximum Gasteiger partial charge on any atom is 0.212 e. The Morgan fingerprint density at radius 3 is 2.59 bits per heavy atom. The average molecular weight is 326 g/mol. The van der Waals surface area contributed by atoms with Crippen LogP contribution in [0.15, 0.2) is 35.2 Å². The van der Waals surface area contributed by atoms with Crippen LogP contribution in [0.2, 0.25) is 0 Å². The van der Waals surface area contributed by atoms with E-state index in [0.29, 0.717) is 6.61 Å². The monoisotopic (exact) mass is 326 g/mol. The van der Waals surface area contributed by atoms with E-state index in [1.807, 2.05) is 13.8 Å². The van der Waals surface area contributed by atoms with Gasteiger partial charge >= 0.3 is 0 Å². The molecule has 0 saturated carbocycles. The van der Waals surface area contributed by atoms with Crippen molar-refractivity contribution >= 4 is 9.84 Å². The van der Waals surface area contributed by atoms with Crippen molar-refractivity contribution in [2.75, 3.05) is 12.4 Å². The van der Waals surface area contributed by atoms with Crippen molar-refractivity contribution in [2.45, 2.75) is 48.6 Å². The topological polar surface area (TPSA) is 71.1 Å². The van der Waals surface area contributed by atoms with E-state index in [-0.39, 0.29) is 22.9 Å². The van der Waals surface area contributed by atoms with Crippen molar-refractivity contribution in [3.05, 3.63) is 30.3 Å². The van der Waals surface area contributed by atoms with E-state index in [9.17, 15) is 8.42 Å². The molecule has 0 aromatic heterocycles. The molecule has 0 N–H and O–H groups in total. The lowest BCUT2D eigenvalue weighted by atomic mass is 10.0. The lowest BCUT2D eigenvalue weighted by Gasteiger charge is -2.31. The third-order valence-electron chi connectivity index (χ3n) is 4.27. The maximum absolute atomic E-state index is 12.7. The van der Waals surface area contributed by atoms with E-state index < -0.39 is 27.5 Å². The first-order valence-electron chi connectivity index (χ1n) is 7.27. The molecule has 0 unspecified atom stereocenters. The smallest absolute Gasteiger partial charge is 0.212 e. The zero-order valence-corrected chi connectivity index (χ0v) is 13.2. The van der Waals surface area contributed by atoms with Gasteiger partial charge in [0.05, 0.1) is 11.5 Å². The Labute approximate surface area is 129 Å². The summed E-state index contributed by atoms with van der Waals surface area (Å²) >= 11 is 0. The van der Waals surface area contributed by atoms with E-state index in [2.05, 4.69) is 0 Å². The number of ether oxygens (including phenoxy) is 4. The molecule has 0 spiro atoms. The van der Waals surface area contributed by atoms with Crippen LogP contribution in [0.4, 0.5) is 0 Å². The Morgan fingerprint density at radius 2 is 1.86 bits per heavy atom. The minimum atomic E-state index is -3.55. The second-order valence-electron chi connectivity index (χ2n) is 6.37. The first-order valence-corrected chi connectivity index (χ1v) is 8.92. The van der Waals surface area contributed by atoms with E-state index >= 15 is 0 Å². The number of hydrogen-bond acceptors (Lipinski definition) is 6. The molecule has 3 fully saturated rings. The molecule has 3 aliphatic heterocycles. The van der Waals surface area contributed by atoms with Crippen LogP contribution < -0.4 is 0 Å². The van der Waals surface area contributed by atoms with Gasteiger partial charge in [0, 0.05) is 0 Å². The van der Waals surface area contributed by atoms with Crippen LogP contribution in [0.1, 0.15) is 13.8 Å². The van der Waals surface area contributed by atoms with Crippen LogP contribution in [-0.2, 0) is 28.8 Å². The van der Waals surface area contributed by atoms with Gasteiger partial charge in [-0.15, -0.1) is 0 Å². The quantitative estimate of drug-likeness (QED) is 0.828. The van der Waals surface area contributed by atoms with Crippen molar-refractivity contribution in [1.82, 2.24) is 0 Å². The molecular formula is C15H18O6S. The van der Waals surface area contributed by atoms with Gasteiger partial charge < -0.3 is 18.9 Å². The highest BCUT2D eigenvalue weighted by atomic mass is 32.2. The molecule has 120 valence electrons. The molecule has 6 nitrogen and oxygen atoms in total. The second-order valence-corrected chi connectivity index (χ2v) is 8.36. The van der Waals surface area contributed by atoms with Gasteiger partial charge in [0.15, 0.2) is 15.6 Å². The molecular weight excluding hydrogens is 308 g/mol. The standard InChI is InChI=1S/C15H18O6S/c1-14(2)20-12-11-8-18-15(19-11,13(12)21-14)9-22(16,17)10-6-4-3-5-7-10/h3-7,11-13H,8-9H2,1-2H3/t11-,12-,13-,15-/m1/s1. The van der Waals surface area contributed by atoms with Crippen molar-refractivity contribution in [3.8, 4) is 0 Å². The van der Waals surface area contributed by atoms with Gasteiger partial charge in [0.1, 0.15) is 24.1 Å². The van der Waals surface area contributed by atoms with E-state index in [0.717, 1.165) is 0 Å². The van der Waals surface area contributed by atoms with Crippen LogP contribution in [0.25, 0.3) is 0 Å². The van der Waals surface area contributed by atoms with Crippen molar-refractivity contribution in [3.63, 3.8) is 0 Å². The summed E-state index contributed by atoms with van der Waals surface area (Å²) in [6.45, 7) is 3.94. The van der Waals surface area contributed by atoms with Crippen molar-refractivity contribution in [1.29, 1.82) is 0 Å². The van der Waals surface area contributed by atoms with Crippen molar-refractivity contribution < 1.29 is 27.4 Å². The SMILES string of the molecule is CC1(C)O[C@H]2[C@@H](O1)[C@]1(CS(=O)(=O)c3ccccc3)OC[C@H]2O1. The molecule has 7 heteroatoms. The minimum absolute atomic E-state index is 0.252. The molecule has 4 rings (SSSR count). The summed E-state index contributed by atoms with van der Waals surface area (Å²) < 4.78 is 48.5. The van der Waals surface area contributed by atoms with Gasteiger partial charge in [0.2, 0.25) is 5.79 Å². The van der Waals surface area contributed by atoms with Crippen LogP contribution in [0.5, 0.6) is 0 Å². The Balaban J connectivity index is 1.65. The predicted molar refractivity (Wildman–Crippen MR) is 75.9 cm³/mol. The van der Waals surface area contributed by atoms with Gasteiger partial charge in [0.25, 0.3) is 0 Å². The lowest BCUT2D eigenvalue weighted by Crippen LogP contribution is -2.51. The molecule has 1 aromatic carbocycles. The third kappa shape index (κ3) is 2.11. The summed E-state index contributed by atoms with van der Waals surface area (Å²) in [5.41, 5.74) is 0. The van der Waals surface area contributed by atoms with Gasteiger partial charge in [-0.25, -0.2) is 8.42 Å². The van der Waals surface area contributed by atoms with E-state index in [1.54, 1.807) is 30.3 Å². The van der Waals surface area contributed by atoms with E-state index in [1.165, 1.54) is 0 Å². The first-order chi connectivity index (χ1) is 10.3. The fourth-order valence-electron chi connectivity index (χ4n) is 3.39. The molecule has 2 bridgehead atoms. The number of rotatable bonds is 3. The zero-order valence-electron chi connectivity index (χ0n) is 12.4. The van der Waals surface area contributed by atoms with Crippen LogP contribution in [0.3, 0.4) is 0 Å². The number of benzene rings is 1. The fourth-order valence-corrected chi connectivity index (χ4v) is 4.98. The lowest BCUT2D eigenvalue weighted by molar-refractivity contribution is -0.231. The predicted octanol–water partition coefficient (Wildman–Crippen LogP) is 1.11. The molecule has 0 amide bonds. The summed E-state index contributed by atoms with van der Waals surface area (Å²) in [5, 5.41) is 0. The Kier molecular flexibility index (Phi) is 3.00. The van der Waals surface area contributed by atoms with Gasteiger partial charge in [-0.1, -0.05) is 18.2 Å². The summed E-state index contributed by atoms with van der Waals surface area (Å²) in [6.07, 6.45) is -1.09. The molecule has 1 aromatic rings. The second kappa shape index (κ2) is 4.52. The highest BCUT2D eigenvalue weighted by Gasteiger charge is 2.68. The molecule has 4 atom stereocenters. The minimum Gasteiger partial charge on any atom is -0.344 e. The first kappa shape index (κ1) is 14.6. The molecule has 3 aliphatic rings. The Hall–Kier alpha value is -0.990. The Morgan fingerprint density at radius 1 is 1.14 bits per heavy atom. The summed E-state index contributed by atoms with van der Waals surface area (Å²) in [7, 11) is -3.55. The summed E-state index contributed by atoms with van der Waals surface area (Å²) in [6, 6.07) is 8.30. The molecule has 3 saturated heterocycles. The number of hydrogen-bond donors (Lipinski definition) is 0. The summed E-state index contributed by atoms with van der Waals surface area (Å²) in [4.78, 5) is 0.252. The van der Waals surface area contributed by atoms with Crippen LogP contribution in [0, 0.1) is 0 Å². The van der Waals surface area contributed by atoms with E-state index in [4.69, 9.17) is 18.9 Å². The molecule has 3 heterocycles. The highest BCUT2D eigenvalue weighted by Crippen LogP contribution is 2.49. The van der Waals surface area contributed by atoms with Crippen LogP contribution >= 0.6 is 0 Å². The zero-order chi connectivity index (χ0) is 15.6. The molecule has 0 aliphatic carbocycles. The third-order valence-corrected chi connectivity index (χ3v) is 6.04. The van der Waals surface area contributed by atoms with Crippen molar-refractivity contribution in [2.24, 2.45) is 0 Å². The summed E-state index contributed by atoms with van der Waals surface area (Å²) in [5.74, 6) is -2.31. The average Bonchev–Trinajstić information content (AvgIpc) is 3.07. The number of sulfone groups is 1. The van der Waals surface area contributed by atoms with Gasteiger partial charge in [-0.2, -0.15) is 0 Å². The largest absolute Gasteiger partial charge is 0.344 e. The normalized spacial score (nSPS) is 39.1. The molecule has 22 heavy (non-hydrogen) atoms. The van der Waals surface area contributed by atoms with Gasteiger partial charge in [-0.05, 0) is 26.0 Å². The number of fused-ring (bicyclic) bond motifs is 5. The Bertz CT molecular complexity index is 685. The molecule has 0 radical (unpaired) electrons. The highest BCUT2D eigenvalue weighted by molar-refractivity contribution is 7.91. The van der Waals surface area contributed by atoms with Crippen LogP contribution in [-0.4, -0.2) is 50.7 Å². The maximum atomic E-state index is 12.7. The fraction of sp³-hybridized carbons (Fsp3) is 0.600.